The first-order valence-electron chi connectivity index (χ1n) is 6.98. The summed E-state index contributed by atoms with van der Waals surface area (Å²) in [6, 6.07) is 0. The Hall–Kier alpha value is -0.830. The maximum absolute atomic E-state index is 10.6. The van der Waals surface area contributed by atoms with Gasteiger partial charge in [0.15, 0.2) is 0 Å². The van der Waals surface area contributed by atoms with Gasteiger partial charge in [-0.2, -0.15) is 0 Å². The first kappa shape index (κ1) is 11.3. The minimum atomic E-state index is -0.341. The Labute approximate surface area is 103 Å². The van der Waals surface area contributed by atoms with E-state index in [0.717, 1.165) is 30.6 Å². The molecule has 0 saturated heterocycles. The summed E-state index contributed by atoms with van der Waals surface area (Å²) in [6.07, 6.45) is 9.83. The molecule has 17 heavy (non-hydrogen) atoms. The Morgan fingerprint density at radius 3 is 3.00 bits per heavy atom. The van der Waals surface area contributed by atoms with Gasteiger partial charge in [-0.25, -0.2) is 4.98 Å². The number of rotatable bonds is 4. The van der Waals surface area contributed by atoms with Crippen molar-refractivity contribution in [3.05, 3.63) is 18.2 Å². The van der Waals surface area contributed by atoms with E-state index in [4.69, 9.17) is 0 Å². The highest BCUT2D eigenvalue weighted by Crippen LogP contribution is 2.52. The molecule has 3 nitrogen and oxygen atoms in total. The smallest absolute Gasteiger partial charge is 0.137 e. The molecule has 0 spiro atoms. The molecule has 4 unspecified atom stereocenters. The van der Waals surface area contributed by atoms with E-state index in [1.165, 1.54) is 25.7 Å². The van der Waals surface area contributed by atoms with E-state index in [0.29, 0.717) is 5.92 Å². The highest BCUT2D eigenvalue weighted by molar-refractivity contribution is 5.03. The average molecular weight is 234 g/mol. The van der Waals surface area contributed by atoms with E-state index in [2.05, 4.69) is 16.5 Å². The summed E-state index contributed by atoms with van der Waals surface area (Å²) < 4.78 is 2.12. The molecule has 0 radical (unpaired) electrons. The number of aliphatic hydroxyl groups is 1. The van der Waals surface area contributed by atoms with Gasteiger partial charge in [0.2, 0.25) is 0 Å². The van der Waals surface area contributed by atoms with Gasteiger partial charge >= 0.3 is 0 Å². The maximum Gasteiger partial charge on any atom is 0.137 e. The third kappa shape index (κ3) is 1.90. The van der Waals surface area contributed by atoms with Gasteiger partial charge in [-0.15, -0.1) is 0 Å². The van der Waals surface area contributed by atoms with Crippen LogP contribution in [0.4, 0.5) is 0 Å². The second-order valence-corrected chi connectivity index (χ2v) is 5.76. The summed E-state index contributed by atoms with van der Waals surface area (Å²) in [6.45, 7) is 3.13. The lowest BCUT2D eigenvalue weighted by atomic mass is 9.84. The molecule has 94 valence electrons. The summed E-state index contributed by atoms with van der Waals surface area (Å²) in [4.78, 5) is 4.38. The summed E-state index contributed by atoms with van der Waals surface area (Å²) in [5.74, 6) is 2.99. The fraction of sp³-hybridized carbons (Fsp3) is 0.786. The van der Waals surface area contributed by atoms with Crippen molar-refractivity contribution in [1.82, 2.24) is 9.55 Å². The minimum Gasteiger partial charge on any atom is -0.385 e. The maximum atomic E-state index is 10.6. The number of imidazole rings is 1. The molecule has 1 heterocycles. The van der Waals surface area contributed by atoms with Crippen LogP contribution in [0.5, 0.6) is 0 Å². The number of aliphatic hydroxyl groups excluding tert-OH is 1. The van der Waals surface area contributed by atoms with Crippen molar-refractivity contribution in [1.29, 1.82) is 0 Å². The van der Waals surface area contributed by atoms with Gasteiger partial charge in [0.25, 0.3) is 0 Å². The van der Waals surface area contributed by atoms with Crippen LogP contribution in [-0.4, -0.2) is 14.7 Å². The topological polar surface area (TPSA) is 38.0 Å². The van der Waals surface area contributed by atoms with Gasteiger partial charge in [-0.3, -0.25) is 0 Å². The van der Waals surface area contributed by atoms with Crippen molar-refractivity contribution in [3.8, 4) is 0 Å². The lowest BCUT2D eigenvalue weighted by Gasteiger charge is -2.26. The molecule has 0 aromatic carbocycles. The quantitative estimate of drug-likeness (QED) is 0.870. The summed E-state index contributed by atoms with van der Waals surface area (Å²) in [5, 5.41) is 10.6. The molecule has 2 aliphatic carbocycles. The first-order valence-corrected chi connectivity index (χ1v) is 6.98. The van der Waals surface area contributed by atoms with Crippen molar-refractivity contribution < 1.29 is 5.11 Å². The van der Waals surface area contributed by atoms with Crippen LogP contribution in [0.25, 0.3) is 0 Å². The number of hydrogen-bond donors (Lipinski definition) is 1. The fourth-order valence-electron chi connectivity index (χ4n) is 3.89. The monoisotopic (exact) mass is 234 g/mol. The van der Waals surface area contributed by atoms with Crippen LogP contribution in [0.15, 0.2) is 12.4 Å². The van der Waals surface area contributed by atoms with Crippen molar-refractivity contribution >= 4 is 0 Å². The lowest BCUT2D eigenvalue weighted by Crippen LogP contribution is -2.22. The standard InChI is InChI=1S/C14H22N2O/c1-2-6-16-7-5-15-14(16)13(17)12-9-10-3-4-11(12)8-10/h5,7,10-13,17H,2-4,6,8-9H2,1H3. The molecule has 3 heteroatoms. The van der Waals surface area contributed by atoms with E-state index < -0.39 is 0 Å². The second-order valence-electron chi connectivity index (χ2n) is 5.76. The van der Waals surface area contributed by atoms with Crippen LogP contribution in [0.2, 0.25) is 0 Å². The van der Waals surface area contributed by atoms with Gasteiger partial charge in [0.1, 0.15) is 11.9 Å². The minimum absolute atomic E-state index is 0.341. The van der Waals surface area contributed by atoms with Gasteiger partial charge in [-0.1, -0.05) is 13.3 Å². The lowest BCUT2D eigenvalue weighted by molar-refractivity contribution is 0.0640. The molecule has 4 atom stereocenters. The van der Waals surface area contributed by atoms with Crippen LogP contribution >= 0.6 is 0 Å². The Morgan fingerprint density at radius 1 is 1.47 bits per heavy atom. The van der Waals surface area contributed by atoms with E-state index >= 15 is 0 Å². The summed E-state index contributed by atoms with van der Waals surface area (Å²) in [5.41, 5.74) is 0. The number of hydrogen-bond acceptors (Lipinski definition) is 2. The molecule has 0 amide bonds. The molecular weight excluding hydrogens is 212 g/mol. The average Bonchev–Trinajstić information content (AvgIpc) is 3.03. The third-order valence-corrected chi connectivity index (χ3v) is 4.68. The predicted octanol–water partition coefficient (Wildman–Crippen LogP) is 2.76. The zero-order chi connectivity index (χ0) is 11.8. The molecule has 3 rings (SSSR count). The van der Waals surface area contributed by atoms with Gasteiger partial charge in [-0.05, 0) is 43.4 Å². The van der Waals surface area contributed by atoms with Crippen molar-refractivity contribution in [3.63, 3.8) is 0 Å². The second kappa shape index (κ2) is 4.45. The van der Waals surface area contributed by atoms with Gasteiger partial charge in [0.05, 0.1) is 0 Å². The van der Waals surface area contributed by atoms with Gasteiger partial charge in [0, 0.05) is 18.9 Å². The molecule has 2 aliphatic rings. The van der Waals surface area contributed by atoms with E-state index in [1.807, 2.05) is 12.4 Å². The van der Waals surface area contributed by atoms with Crippen LogP contribution in [-0.2, 0) is 6.54 Å². The molecule has 2 bridgehead atoms. The summed E-state index contributed by atoms with van der Waals surface area (Å²) >= 11 is 0. The molecule has 2 saturated carbocycles. The Morgan fingerprint density at radius 2 is 2.35 bits per heavy atom. The Balaban J connectivity index is 1.77. The van der Waals surface area contributed by atoms with E-state index in [9.17, 15) is 5.11 Å². The van der Waals surface area contributed by atoms with E-state index in [1.54, 1.807) is 0 Å². The van der Waals surface area contributed by atoms with E-state index in [-0.39, 0.29) is 6.10 Å². The molecular formula is C14H22N2O. The third-order valence-electron chi connectivity index (χ3n) is 4.68. The van der Waals surface area contributed by atoms with Crippen LogP contribution < -0.4 is 0 Å². The zero-order valence-corrected chi connectivity index (χ0v) is 10.5. The molecule has 2 fully saturated rings. The van der Waals surface area contributed by atoms with Crippen molar-refractivity contribution in [2.45, 2.75) is 51.7 Å². The SMILES string of the molecule is CCCn1ccnc1C(O)C1CC2CCC1C2. The number of nitrogens with zero attached hydrogens (tertiary/aromatic N) is 2. The predicted molar refractivity (Wildman–Crippen MR) is 66.4 cm³/mol. The highest BCUT2D eigenvalue weighted by Gasteiger charge is 2.43. The van der Waals surface area contributed by atoms with Crippen LogP contribution in [0, 0.1) is 17.8 Å². The Kier molecular flexibility index (Phi) is 2.95. The first-order chi connectivity index (χ1) is 8.29. The zero-order valence-electron chi connectivity index (χ0n) is 10.5. The number of aromatic nitrogens is 2. The van der Waals surface area contributed by atoms with Crippen molar-refractivity contribution in [2.75, 3.05) is 0 Å². The van der Waals surface area contributed by atoms with Gasteiger partial charge < -0.3 is 9.67 Å². The Bertz CT molecular complexity index is 387. The largest absolute Gasteiger partial charge is 0.385 e. The highest BCUT2D eigenvalue weighted by atomic mass is 16.3. The molecule has 0 aliphatic heterocycles. The van der Waals surface area contributed by atoms with Crippen LogP contribution in [0.1, 0.15) is 51.0 Å². The number of aryl methyl sites for hydroxylation is 1. The fourth-order valence-corrected chi connectivity index (χ4v) is 3.89. The normalized spacial score (nSPS) is 33.2. The molecule has 1 aromatic rings. The number of fused-ring (bicyclic) bond motifs is 2. The van der Waals surface area contributed by atoms with Crippen molar-refractivity contribution in [2.24, 2.45) is 17.8 Å². The molecule has 1 aromatic heterocycles. The van der Waals surface area contributed by atoms with Crippen LogP contribution in [0.3, 0.4) is 0 Å². The summed E-state index contributed by atoms with van der Waals surface area (Å²) in [7, 11) is 0. The molecule has 1 N–H and O–H groups in total.